The van der Waals surface area contributed by atoms with Gasteiger partial charge in [0.2, 0.25) is 0 Å². The lowest BCUT2D eigenvalue weighted by Crippen LogP contribution is -2.17. The summed E-state index contributed by atoms with van der Waals surface area (Å²) in [5, 5.41) is 8.72. The molecule has 0 amide bonds. The Hall–Kier alpha value is -1.30. The molecule has 0 saturated carbocycles. The van der Waals surface area contributed by atoms with Gasteiger partial charge in [-0.3, -0.25) is 4.79 Å². The summed E-state index contributed by atoms with van der Waals surface area (Å²) in [6, 6.07) is 4.33. The zero-order valence-electron chi connectivity index (χ0n) is 8.16. The molecule has 2 N–H and O–H groups in total. The molecule has 0 unspecified atom stereocenters. The molecule has 0 aliphatic heterocycles. The third-order valence-corrected chi connectivity index (χ3v) is 3.57. The van der Waals surface area contributed by atoms with E-state index in [-0.39, 0.29) is 5.56 Å². The average molecular weight is 290 g/mol. The average Bonchev–Trinajstić information content (AvgIpc) is 2.57. The van der Waals surface area contributed by atoms with Crippen LogP contribution < -0.4 is 5.56 Å². The fourth-order valence-electron chi connectivity index (χ4n) is 1.32. The molecule has 0 aromatic carbocycles. The van der Waals surface area contributed by atoms with E-state index in [1.165, 1.54) is 23.5 Å². The van der Waals surface area contributed by atoms with Crippen LogP contribution in [0.15, 0.2) is 23.0 Å². The zero-order chi connectivity index (χ0) is 12.6. The summed E-state index contributed by atoms with van der Waals surface area (Å²) >= 11 is 12.9. The summed E-state index contributed by atoms with van der Waals surface area (Å²) in [6.07, 6.45) is 0. The first-order valence-corrected chi connectivity index (χ1v) is 5.98. The maximum atomic E-state index is 11.5. The molecular weight excluding hydrogens is 285 g/mol. The van der Waals surface area contributed by atoms with Crippen molar-refractivity contribution in [1.82, 2.24) is 4.98 Å². The molecule has 0 bridgehead atoms. The van der Waals surface area contributed by atoms with Crippen molar-refractivity contribution < 1.29 is 9.90 Å². The molecule has 7 heteroatoms. The number of aromatic nitrogens is 1. The Labute approximate surface area is 109 Å². The van der Waals surface area contributed by atoms with Crippen LogP contribution in [0, 0.1) is 0 Å². The van der Waals surface area contributed by atoms with Gasteiger partial charge in [0.1, 0.15) is 9.90 Å². The highest BCUT2D eigenvalue weighted by Gasteiger charge is 2.12. The van der Waals surface area contributed by atoms with Crippen molar-refractivity contribution in [3.8, 4) is 11.3 Å². The van der Waals surface area contributed by atoms with E-state index in [9.17, 15) is 9.59 Å². The van der Waals surface area contributed by atoms with Gasteiger partial charge in [-0.2, -0.15) is 0 Å². The number of aromatic amines is 1. The molecule has 2 aromatic heterocycles. The number of nitrogens with one attached hydrogen (secondary N) is 1. The first-order chi connectivity index (χ1) is 7.99. The van der Waals surface area contributed by atoms with E-state index in [0.29, 0.717) is 19.9 Å². The van der Waals surface area contributed by atoms with Crippen molar-refractivity contribution in [2.45, 2.75) is 0 Å². The highest BCUT2D eigenvalue weighted by Crippen LogP contribution is 2.36. The standard InChI is InChI=1S/C10H5Cl2NO3S/c11-7-3-5(8(12)17-7)6-2-1-4(10(15)16)9(14)13-6/h1-3H,(H,13,14)(H,15,16). The van der Waals surface area contributed by atoms with Crippen LogP contribution in [0.2, 0.25) is 8.67 Å². The number of pyridine rings is 1. The number of aromatic carboxylic acids is 1. The van der Waals surface area contributed by atoms with Crippen LogP contribution >= 0.6 is 34.5 Å². The monoisotopic (exact) mass is 289 g/mol. The van der Waals surface area contributed by atoms with Crippen molar-refractivity contribution in [2.75, 3.05) is 0 Å². The van der Waals surface area contributed by atoms with Gasteiger partial charge < -0.3 is 10.1 Å². The largest absolute Gasteiger partial charge is 0.477 e. The van der Waals surface area contributed by atoms with Crippen LogP contribution in [-0.4, -0.2) is 16.1 Å². The van der Waals surface area contributed by atoms with Gasteiger partial charge in [0, 0.05) is 5.56 Å². The molecule has 17 heavy (non-hydrogen) atoms. The zero-order valence-corrected chi connectivity index (χ0v) is 10.5. The summed E-state index contributed by atoms with van der Waals surface area (Å²) in [6.45, 7) is 0. The maximum Gasteiger partial charge on any atom is 0.341 e. The van der Waals surface area contributed by atoms with Gasteiger partial charge in [0.15, 0.2) is 0 Å². The van der Waals surface area contributed by atoms with E-state index in [4.69, 9.17) is 28.3 Å². The molecular formula is C10H5Cl2NO3S. The Morgan fingerprint density at radius 3 is 2.53 bits per heavy atom. The number of rotatable bonds is 2. The number of carbonyl (C=O) groups is 1. The van der Waals surface area contributed by atoms with Gasteiger partial charge in [-0.25, -0.2) is 4.79 Å². The highest BCUT2D eigenvalue weighted by atomic mass is 35.5. The first kappa shape index (κ1) is 12.2. The lowest BCUT2D eigenvalue weighted by Gasteiger charge is -2.00. The molecule has 0 saturated heterocycles. The third-order valence-electron chi connectivity index (χ3n) is 2.09. The molecule has 2 rings (SSSR count). The van der Waals surface area contributed by atoms with Crippen LogP contribution in [0.5, 0.6) is 0 Å². The SMILES string of the molecule is O=C(O)c1ccc(-c2cc(Cl)sc2Cl)[nH]c1=O. The third kappa shape index (κ3) is 2.36. The van der Waals surface area contributed by atoms with E-state index in [0.717, 1.165) is 0 Å². The molecule has 88 valence electrons. The summed E-state index contributed by atoms with van der Waals surface area (Å²) in [5.74, 6) is -1.27. The topological polar surface area (TPSA) is 70.2 Å². The van der Waals surface area contributed by atoms with Crippen LogP contribution in [-0.2, 0) is 0 Å². The summed E-state index contributed by atoms with van der Waals surface area (Å²) in [5.41, 5.74) is 0.0310. The first-order valence-electron chi connectivity index (χ1n) is 4.41. The molecule has 0 atom stereocenters. The second kappa shape index (κ2) is 4.52. The predicted octanol–water partition coefficient (Wildman–Crippen LogP) is 3.11. The number of carboxylic acids is 1. The van der Waals surface area contributed by atoms with E-state index in [1.807, 2.05) is 0 Å². The maximum absolute atomic E-state index is 11.5. The number of hydrogen-bond donors (Lipinski definition) is 2. The van der Waals surface area contributed by atoms with Crippen molar-refractivity contribution in [1.29, 1.82) is 0 Å². The van der Waals surface area contributed by atoms with Crippen molar-refractivity contribution >= 4 is 40.5 Å². The predicted molar refractivity (Wildman–Crippen MR) is 67.4 cm³/mol. The number of H-pyrrole nitrogens is 1. The Morgan fingerprint density at radius 1 is 1.35 bits per heavy atom. The van der Waals surface area contributed by atoms with Crippen molar-refractivity contribution in [3.05, 3.63) is 42.8 Å². The van der Waals surface area contributed by atoms with E-state index < -0.39 is 11.5 Å². The Kier molecular flexibility index (Phi) is 3.24. The van der Waals surface area contributed by atoms with Gasteiger partial charge in [0.25, 0.3) is 5.56 Å². The highest BCUT2D eigenvalue weighted by molar-refractivity contribution is 7.20. The van der Waals surface area contributed by atoms with Crippen LogP contribution in [0.1, 0.15) is 10.4 Å². The molecule has 2 aromatic rings. The fraction of sp³-hybridized carbons (Fsp3) is 0. The number of hydrogen-bond acceptors (Lipinski definition) is 3. The number of carboxylic acid groups (broad SMARTS) is 1. The van der Waals surface area contributed by atoms with Crippen molar-refractivity contribution in [2.24, 2.45) is 0 Å². The normalized spacial score (nSPS) is 10.5. The minimum absolute atomic E-state index is 0.314. The van der Waals surface area contributed by atoms with E-state index in [1.54, 1.807) is 6.07 Å². The number of halogens is 2. The van der Waals surface area contributed by atoms with Gasteiger partial charge in [-0.1, -0.05) is 23.2 Å². The van der Waals surface area contributed by atoms with E-state index >= 15 is 0 Å². The van der Waals surface area contributed by atoms with Gasteiger partial charge in [-0.05, 0) is 18.2 Å². The molecule has 4 nitrogen and oxygen atoms in total. The molecule has 0 aliphatic rings. The van der Waals surface area contributed by atoms with Gasteiger partial charge >= 0.3 is 5.97 Å². The second-order valence-electron chi connectivity index (χ2n) is 3.16. The van der Waals surface area contributed by atoms with Crippen LogP contribution in [0.4, 0.5) is 0 Å². The molecule has 0 spiro atoms. The molecule has 2 heterocycles. The molecule has 0 aliphatic carbocycles. The van der Waals surface area contributed by atoms with Crippen molar-refractivity contribution in [3.63, 3.8) is 0 Å². The van der Waals surface area contributed by atoms with Gasteiger partial charge in [-0.15, -0.1) is 11.3 Å². The Balaban J connectivity index is 2.56. The minimum Gasteiger partial charge on any atom is -0.477 e. The van der Waals surface area contributed by atoms with Crippen LogP contribution in [0.3, 0.4) is 0 Å². The molecule has 0 radical (unpaired) electrons. The summed E-state index contributed by atoms with van der Waals surface area (Å²) in [4.78, 5) is 24.6. The smallest absolute Gasteiger partial charge is 0.341 e. The number of thiophene rings is 1. The second-order valence-corrected chi connectivity index (χ2v) is 5.44. The lowest BCUT2D eigenvalue weighted by molar-refractivity contribution is 0.0695. The molecule has 0 fully saturated rings. The van der Waals surface area contributed by atoms with Gasteiger partial charge in [0.05, 0.1) is 10.0 Å². The lowest BCUT2D eigenvalue weighted by atomic mass is 10.2. The van der Waals surface area contributed by atoms with E-state index in [2.05, 4.69) is 4.98 Å². The van der Waals surface area contributed by atoms with Crippen LogP contribution in [0.25, 0.3) is 11.3 Å². The Bertz CT molecular complexity index is 647. The summed E-state index contributed by atoms with van der Waals surface area (Å²) < 4.78 is 0.932. The summed E-state index contributed by atoms with van der Waals surface area (Å²) in [7, 11) is 0. The fourth-order valence-corrected chi connectivity index (χ4v) is 2.81. The quantitative estimate of drug-likeness (QED) is 0.892. The Morgan fingerprint density at radius 2 is 2.06 bits per heavy atom. The minimum atomic E-state index is -1.27.